The van der Waals surface area contributed by atoms with Crippen LogP contribution in [-0.2, 0) is 6.54 Å². The number of hydrogen-bond donors (Lipinski definition) is 2. The van der Waals surface area contributed by atoms with Crippen molar-refractivity contribution in [3.8, 4) is 0 Å². The fourth-order valence-electron chi connectivity index (χ4n) is 1.69. The highest BCUT2D eigenvalue weighted by molar-refractivity contribution is 7.80. The summed E-state index contributed by atoms with van der Waals surface area (Å²) in [6.45, 7) is 2.81. The van der Waals surface area contributed by atoms with Crippen LogP contribution in [0.4, 0.5) is 5.82 Å². The molecule has 2 rings (SSSR count). The van der Waals surface area contributed by atoms with Crippen LogP contribution in [0.1, 0.15) is 12.5 Å². The summed E-state index contributed by atoms with van der Waals surface area (Å²) in [7, 11) is 0. The summed E-state index contributed by atoms with van der Waals surface area (Å²) in [4.78, 5) is 4.61. The molecule has 94 valence electrons. The molecule has 0 radical (unpaired) electrons. The van der Waals surface area contributed by atoms with E-state index in [1.807, 2.05) is 29.1 Å². The van der Waals surface area contributed by atoms with E-state index in [0.717, 1.165) is 12.1 Å². The molecule has 1 atom stereocenters. The minimum Gasteiger partial charge on any atom is -0.389 e. The molecule has 1 unspecified atom stereocenters. The number of nitrogens with two attached hydrogens (primary N) is 1. The minimum absolute atomic E-state index is 0.174. The summed E-state index contributed by atoms with van der Waals surface area (Å²) in [5.74, 6) is 0.713. The van der Waals surface area contributed by atoms with Crippen molar-refractivity contribution in [2.24, 2.45) is 5.73 Å². The molecule has 2 heterocycles. The number of rotatable bonds is 5. The van der Waals surface area contributed by atoms with Crippen molar-refractivity contribution >= 4 is 23.0 Å². The molecule has 0 aliphatic carbocycles. The lowest BCUT2D eigenvalue weighted by atomic mass is 10.2. The maximum Gasteiger partial charge on any atom is 0.136 e. The standard InChI is InChI=1S/C12H15N5S/c1-9(8-17-7-3-6-15-17)16-12-10(11(13)18)4-2-5-14-12/h2-7,9H,8H2,1H3,(H2,13,18)(H,14,16). The van der Waals surface area contributed by atoms with Gasteiger partial charge in [-0.05, 0) is 25.1 Å². The molecule has 18 heavy (non-hydrogen) atoms. The van der Waals surface area contributed by atoms with Crippen LogP contribution in [0.25, 0.3) is 0 Å². The lowest BCUT2D eigenvalue weighted by Crippen LogP contribution is -2.25. The average Bonchev–Trinajstić information content (AvgIpc) is 2.82. The van der Waals surface area contributed by atoms with Crippen LogP contribution in [-0.4, -0.2) is 25.8 Å². The number of anilines is 1. The van der Waals surface area contributed by atoms with Crippen LogP contribution < -0.4 is 11.1 Å². The number of aromatic nitrogens is 3. The summed E-state index contributed by atoms with van der Waals surface area (Å²) in [6, 6.07) is 5.75. The smallest absolute Gasteiger partial charge is 0.136 e. The van der Waals surface area contributed by atoms with Gasteiger partial charge in [-0.2, -0.15) is 5.10 Å². The van der Waals surface area contributed by atoms with E-state index in [2.05, 4.69) is 22.3 Å². The largest absolute Gasteiger partial charge is 0.389 e. The van der Waals surface area contributed by atoms with Crippen molar-refractivity contribution in [3.63, 3.8) is 0 Å². The van der Waals surface area contributed by atoms with Gasteiger partial charge < -0.3 is 11.1 Å². The van der Waals surface area contributed by atoms with Gasteiger partial charge in [-0.3, -0.25) is 4.68 Å². The predicted molar refractivity (Wildman–Crippen MR) is 75.4 cm³/mol. The Labute approximate surface area is 111 Å². The fraction of sp³-hybridized carbons (Fsp3) is 0.250. The summed E-state index contributed by atoms with van der Waals surface area (Å²) < 4.78 is 1.86. The van der Waals surface area contributed by atoms with E-state index >= 15 is 0 Å². The highest BCUT2D eigenvalue weighted by atomic mass is 32.1. The molecule has 0 fully saturated rings. The van der Waals surface area contributed by atoms with E-state index in [9.17, 15) is 0 Å². The summed E-state index contributed by atoms with van der Waals surface area (Å²) in [6.07, 6.45) is 5.39. The van der Waals surface area contributed by atoms with Gasteiger partial charge in [-0.25, -0.2) is 4.98 Å². The zero-order chi connectivity index (χ0) is 13.0. The van der Waals surface area contributed by atoms with E-state index < -0.39 is 0 Å². The SMILES string of the molecule is CC(Cn1cccn1)Nc1ncccc1C(N)=S. The number of hydrogen-bond acceptors (Lipinski definition) is 4. The Kier molecular flexibility index (Phi) is 3.88. The fourth-order valence-corrected chi connectivity index (χ4v) is 1.85. The number of nitrogens with one attached hydrogen (secondary N) is 1. The Hall–Kier alpha value is -1.95. The third kappa shape index (κ3) is 3.04. The molecule has 6 heteroatoms. The molecular weight excluding hydrogens is 246 g/mol. The number of pyridine rings is 1. The van der Waals surface area contributed by atoms with Crippen molar-refractivity contribution in [2.45, 2.75) is 19.5 Å². The first-order valence-corrected chi connectivity index (χ1v) is 6.06. The maximum absolute atomic E-state index is 5.66. The second-order valence-electron chi connectivity index (χ2n) is 4.04. The molecule has 2 aromatic heterocycles. The van der Waals surface area contributed by atoms with Gasteiger partial charge in [0.15, 0.2) is 0 Å². The van der Waals surface area contributed by atoms with Gasteiger partial charge in [-0.1, -0.05) is 12.2 Å². The predicted octanol–water partition coefficient (Wildman–Crippen LogP) is 1.41. The molecular formula is C12H15N5S. The van der Waals surface area contributed by atoms with E-state index in [4.69, 9.17) is 18.0 Å². The van der Waals surface area contributed by atoms with Gasteiger partial charge in [0.05, 0.1) is 12.1 Å². The third-order valence-electron chi connectivity index (χ3n) is 2.48. The van der Waals surface area contributed by atoms with E-state index in [1.54, 1.807) is 12.4 Å². The Balaban J connectivity index is 2.07. The van der Waals surface area contributed by atoms with Crippen molar-refractivity contribution in [1.29, 1.82) is 0 Å². The normalized spacial score (nSPS) is 12.1. The molecule has 0 aliphatic rings. The van der Waals surface area contributed by atoms with Gasteiger partial charge in [-0.15, -0.1) is 0 Å². The second kappa shape index (κ2) is 5.59. The summed E-state index contributed by atoms with van der Waals surface area (Å²) in [5.41, 5.74) is 6.42. The molecule has 0 spiro atoms. The lowest BCUT2D eigenvalue weighted by molar-refractivity contribution is 0.559. The zero-order valence-electron chi connectivity index (χ0n) is 10.1. The molecule has 5 nitrogen and oxygen atoms in total. The van der Waals surface area contributed by atoms with Crippen LogP contribution in [0.3, 0.4) is 0 Å². The molecule has 2 aromatic rings. The first-order valence-electron chi connectivity index (χ1n) is 5.65. The average molecular weight is 261 g/mol. The Morgan fingerprint density at radius 3 is 3.00 bits per heavy atom. The monoisotopic (exact) mass is 261 g/mol. The molecule has 0 saturated heterocycles. The van der Waals surface area contributed by atoms with Crippen molar-refractivity contribution in [1.82, 2.24) is 14.8 Å². The highest BCUT2D eigenvalue weighted by Gasteiger charge is 2.09. The maximum atomic E-state index is 5.66. The quantitative estimate of drug-likeness (QED) is 0.797. The summed E-state index contributed by atoms with van der Waals surface area (Å²) >= 11 is 5.00. The van der Waals surface area contributed by atoms with Crippen molar-refractivity contribution in [2.75, 3.05) is 5.32 Å². The van der Waals surface area contributed by atoms with E-state index in [-0.39, 0.29) is 6.04 Å². The Bertz CT molecular complexity index is 523. The topological polar surface area (TPSA) is 68.8 Å². The molecule has 0 saturated carbocycles. The Morgan fingerprint density at radius 1 is 1.50 bits per heavy atom. The zero-order valence-corrected chi connectivity index (χ0v) is 10.9. The first-order chi connectivity index (χ1) is 8.66. The molecule has 0 amide bonds. The van der Waals surface area contributed by atoms with Crippen LogP contribution in [0.5, 0.6) is 0 Å². The van der Waals surface area contributed by atoms with Gasteiger partial charge >= 0.3 is 0 Å². The van der Waals surface area contributed by atoms with Crippen LogP contribution in [0.15, 0.2) is 36.8 Å². The van der Waals surface area contributed by atoms with Crippen molar-refractivity contribution in [3.05, 3.63) is 42.4 Å². The number of nitrogens with zero attached hydrogens (tertiary/aromatic N) is 3. The molecule has 3 N–H and O–H groups in total. The van der Waals surface area contributed by atoms with Crippen LogP contribution >= 0.6 is 12.2 Å². The van der Waals surface area contributed by atoms with Crippen molar-refractivity contribution < 1.29 is 0 Å². The van der Waals surface area contributed by atoms with Gasteiger partial charge in [0.25, 0.3) is 0 Å². The highest BCUT2D eigenvalue weighted by Crippen LogP contribution is 2.12. The lowest BCUT2D eigenvalue weighted by Gasteiger charge is -2.16. The first kappa shape index (κ1) is 12.5. The van der Waals surface area contributed by atoms with Crippen LogP contribution in [0.2, 0.25) is 0 Å². The molecule has 0 aliphatic heterocycles. The van der Waals surface area contributed by atoms with E-state index in [0.29, 0.717) is 10.8 Å². The molecule has 0 aromatic carbocycles. The molecule has 0 bridgehead atoms. The van der Waals surface area contributed by atoms with E-state index in [1.165, 1.54) is 0 Å². The van der Waals surface area contributed by atoms with Gasteiger partial charge in [0.1, 0.15) is 10.8 Å². The summed E-state index contributed by atoms with van der Waals surface area (Å²) in [5, 5.41) is 7.45. The minimum atomic E-state index is 0.174. The third-order valence-corrected chi connectivity index (χ3v) is 2.70. The second-order valence-corrected chi connectivity index (χ2v) is 4.48. The van der Waals surface area contributed by atoms with Gasteiger partial charge in [0, 0.05) is 24.6 Å². The van der Waals surface area contributed by atoms with Crippen LogP contribution in [0, 0.1) is 0 Å². The Morgan fingerprint density at radius 2 is 2.33 bits per heavy atom. The van der Waals surface area contributed by atoms with Gasteiger partial charge in [0.2, 0.25) is 0 Å². The number of thiocarbonyl (C=S) groups is 1.